The summed E-state index contributed by atoms with van der Waals surface area (Å²) in [6.45, 7) is 1.22. The Hall–Kier alpha value is -3.66. The Kier molecular flexibility index (Phi) is 6.94. The summed E-state index contributed by atoms with van der Waals surface area (Å²) in [7, 11) is 1.38. The Morgan fingerprint density at radius 3 is 2.75 bits per heavy atom. The maximum absolute atomic E-state index is 12.4. The van der Waals surface area contributed by atoms with Crippen LogP contribution in [0.25, 0.3) is 0 Å². The van der Waals surface area contributed by atoms with Gasteiger partial charge in [0, 0.05) is 35.8 Å². The molecule has 1 N–H and O–H groups in total. The molecule has 10 nitrogen and oxygen atoms in total. The van der Waals surface area contributed by atoms with Gasteiger partial charge in [0.1, 0.15) is 11.4 Å². The number of benzene rings is 2. The van der Waals surface area contributed by atoms with Crippen molar-refractivity contribution in [2.45, 2.75) is 13.3 Å². The number of nitro benzene ring substituents is 1. The molecule has 2 amide bonds. The minimum absolute atomic E-state index is 0.0617. The number of nitrogens with zero attached hydrogens (tertiary/aromatic N) is 2. The van der Waals surface area contributed by atoms with E-state index in [4.69, 9.17) is 21.1 Å². The van der Waals surface area contributed by atoms with E-state index >= 15 is 0 Å². The Morgan fingerprint density at radius 1 is 1.31 bits per heavy atom. The molecule has 1 heterocycles. The maximum atomic E-state index is 12.4. The quantitative estimate of drug-likeness (QED) is 0.381. The van der Waals surface area contributed by atoms with Crippen LogP contribution in [-0.2, 0) is 19.1 Å². The van der Waals surface area contributed by atoms with E-state index < -0.39 is 29.3 Å². The van der Waals surface area contributed by atoms with E-state index in [-0.39, 0.29) is 30.2 Å². The molecular weight excluding hydrogens is 442 g/mol. The number of rotatable bonds is 7. The molecule has 32 heavy (non-hydrogen) atoms. The van der Waals surface area contributed by atoms with Crippen LogP contribution in [0.4, 0.5) is 17.1 Å². The van der Waals surface area contributed by atoms with E-state index in [1.54, 1.807) is 25.1 Å². The first-order chi connectivity index (χ1) is 15.2. The molecule has 1 saturated heterocycles. The van der Waals surface area contributed by atoms with Gasteiger partial charge < -0.3 is 19.7 Å². The van der Waals surface area contributed by atoms with Crippen molar-refractivity contribution >= 4 is 46.4 Å². The molecule has 1 atom stereocenters. The van der Waals surface area contributed by atoms with Gasteiger partial charge in [-0.2, -0.15) is 0 Å². The number of hydrogen-bond acceptors (Lipinski definition) is 7. The second kappa shape index (κ2) is 9.65. The van der Waals surface area contributed by atoms with E-state index in [0.717, 1.165) is 5.56 Å². The minimum Gasteiger partial charge on any atom is -0.497 e. The summed E-state index contributed by atoms with van der Waals surface area (Å²) < 4.78 is 10.1. The zero-order valence-electron chi connectivity index (χ0n) is 17.3. The number of carbonyl (C=O) groups excluding carboxylic acids is 3. The normalized spacial score (nSPS) is 15.4. The van der Waals surface area contributed by atoms with Gasteiger partial charge in [0.25, 0.3) is 11.6 Å². The highest BCUT2D eigenvalue weighted by atomic mass is 35.5. The standard InChI is InChI=1S/C21H20ClN3O7/c1-12-15(22)4-3-5-17(12)24-10-13(8-20(24)27)21(28)32-11-19(26)23-16-9-14(31-2)6-7-18(16)25(29)30/h3-7,9,13H,8,10-11H2,1-2H3,(H,23,26)/t13-/m1/s1. The van der Waals surface area contributed by atoms with Crippen molar-refractivity contribution < 1.29 is 28.8 Å². The molecule has 1 aliphatic rings. The van der Waals surface area contributed by atoms with Crippen LogP contribution in [-0.4, -0.2) is 43.0 Å². The van der Waals surface area contributed by atoms with E-state index in [2.05, 4.69) is 5.32 Å². The topological polar surface area (TPSA) is 128 Å². The molecular formula is C21H20ClN3O7. The number of anilines is 2. The van der Waals surface area contributed by atoms with E-state index in [9.17, 15) is 24.5 Å². The fraction of sp³-hybridized carbons (Fsp3) is 0.286. The summed E-state index contributed by atoms with van der Waals surface area (Å²) >= 11 is 6.12. The van der Waals surface area contributed by atoms with Crippen molar-refractivity contribution in [2.24, 2.45) is 5.92 Å². The lowest BCUT2D eigenvalue weighted by Gasteiger charge is -2.19. The van der Waals surface area contributed by atoms with E-state index in [1.165, 1.54) is 30.2 Å². The van der Waals surface area contributed by atoms with Gasteiger partial charge in [-0.3, -0.25) is 24.5 Å². The average Bonchev–Trinajstić information content (AvgIpc) is 3.15. The number of methoxy groups -OCH3 is 1. The number of amides is 2. The zero-order chi connectivity index (χ0) is 23.4. The number of esters is 1. The molecule has 0 aromatic heterocycles. The molecule has 0 aliphatic carbocycles. The number of nitro groups is 1. The SMILES string of the molecule is COc1ccc([N+](=O)[O-])c(NC(=O)COC(=O)[C@@H]2CC(=O)N(c3cccc(Cl)c3C)C2)c1. The fourth-order valence-corrected chi connectivity index (χ4v) is 3.50. The second-order valence-corrected chi connectivity index (χ2v) is 7.49. The molecule has 0 bridgehead atoms. The predicted octanol–water partition coefficient (Wildman–Crippen LogP) is 3.10. The molecule has 1 fully saturated rings. The van der Waals surface area contributed by atoms with Crippen molar-refractivity contribution in [3.8, 4) is 5.75 Å². The highest BCUT2D eigenvalue weighted by Crippen LogP contribution is 2.32. The smallest absolute Gasteiger partial charge is 0.311 e. The van der Waals surface area contributed by atoms with Crippen LogP contribution in [0.5, 0.6) is 5.75 Å². The highest BCUT2D eigenvalue weighted by molar-refractivity contribution is 6.31. The van der Waals surface area contributed by atoms with E-state index in [1.807, 2.05) is 0 Å². The van der Waals surface area contributed by atoms with Gasteiger partial charge in [-0.25, -0.2) is 0 Å². The number of carbonyl (C=O) groups is 3. The second-order valence-electron chi connectivity index (χ2n) is 7.09. The van der Waals surface area contributed by atoms with Crippen LogP contribution in [0, 0.1) is 23.0 Å². The maximum Gasteiger partial charge on any atom is 0.311 e. The summed E-state index contributed by atoms with van der Waals surface area (Å²) in [5.41, 5.74) is 0.908. The van der Waals surface area contributed by atoms with Crippen LogP contribution in [0.1, 0.15) is 12.0 Å². The lowest BCUT2D eigenvalue weighted by Crippen LogP contribution is -2.28. The summed E-state index contributed by atoms with van der Waals surface area (Å²) in [5, 5.41) is 14.0. The molecule has 11 heteroatoms. The van der Waals surface area contributed by atoms with Gasteiger partial charge in [-0.15, -0.1) is 0 Å². The van der Waals surface area contributed by atoms with Crippen LogP contribution < -0.4 is 15.0 Å². The van der Waals surface area contributed by atoms with Crippen LogP contribution in [0.3, 0.4) is 0 Å². The third-order valence-corrected chi connectivity index (χ3v) is 5.42. The van der Waals surface area contributed by atoms with Crippen molar-refractivity contribution in [2.75, 3.05) is 30.5 Å². The third-order valence-electron chi connectivity index (χ3n) is 5.01. The Morgan fingerprint density at radius 2 is 2.06 bits per heavy atom. The molecule has 0 radical (unpaired) electrons. The predicted molar refractivity (Wildman–Crippen MR) is 116 cm³/mol. The number of hydrogen-bond donors (Lipinski definition) is 1. The van der Waals surface area contributed by atoms with Crippen LogP contribution >= 0.6 is 11.6 Å². The fourth-order valence-electron chi connectivity index (χ4n) is 3.33. The van der Waals surface area contributed by atoms with Crippen LogP contribution in [0.15, 0.2) is 36.4 Å². The zero-order valence-corrected chi connectivity index (χ0v) is 18.0. The van der Waals surface area contributed by atoms with Crippen molar-refractivity contribution in [3.05, 3.63) is 57.1 Å². The first kappa shape index (κ1) is 23.0. The largest absolute Gasteiger partial charge is 0.497 e. The van der Waals surface area contributed by atoms with Crippen molar-refractivity contribution in [3.63, 3.8) is 0 Å². The number of halogens is 1. The van der Waals surface area contributed by atoms with Gasteiger partial charge in [-0.05, 0) is 30.7 Å². The Labute approximate surface area is 188 Å². The lowest BCUT2D eigenvalue weighted by molar-refractivity contribution is -0.383. The third kappa shape index (κ3) is 4.97. The molecule has 2 aromatic carbocycles. The van der Waals surface area contributed by atoms with Crippen molar-refractivity contribution in [1.82, 2.24) is 0 Å². The lowest BCUT2D eigenvalue weighted by atomic mass is 10.1. The first-order valence-electron chi connectivity index (χ1n) is 9.55. The Bertz CT molecular complexity index is 1090. The van der Waals surface area contributed by atoms with Crippen molar-refractivity contribution in [1.29, 1.82) is 0 Å². The molecule has 0 unspecified atom stereocenters. The highest BCUT2D eigenvalue weighted by Gasteiger charge is 2.37. The first-order valence-corrected chi connectivity index (χ1v) is 9.93. The molecule has 0 spiro atoms. The van der Waals surface area contributed by atoms with Gasteiger partial charge in [0.05, 0.1) is 18.0 Å². The minimum atomic E-state index is -0.762. The average molecular weight is 462 g/mol. The van der Waals surface area contributed by atoms with E-state index in [0.29, 0.717) is 16.5 Å². The summed E-state index contributed by atoms with van der Waals surface area (Å²) in [6.07, 6.45) is -0.0617. The summed E-state index contributed by atoms with van der Waals surface area (Å²) in [4.78, 5) is 49.0. The molecule has 1 aliphatic heterocycles. The number of ether oxygens (including phenoxy) is 2. The molecule has 0 saturated carbocycles. The number of nitrogens with one attached hydrogen (secondary N) is 1. The van der Waals surface area contributed by atoms with Gasteiger partial charge in [0.15, 0.2) is 6.61 Å². The Balaban J connectivity index is 1.60. The van der Waals surface area contributed by atoms with Crippen LogP contribution in [0.2, 0.25) is 5.02 Å². The molecule has 3 rings (SSSR count). The molecule has 168 valence electrons. The summed E-state index contributed by atoms with van der Waals surface area (Å²) in [5.74, 6) is -2.17. The monoisotopic (exact) mass is 461 g/mol. The van der Waals surface area contributed by atoms with Gasteiger partial charge in [-0.1, -0.05) is 17.7 Å². The molecule has 2 aromatic rings. The van der Waals surface area contributed by atoms with Gasteiger partial charge in [0.2, 0.25) is 5.91 Å². The van der Waals surface area contributed by atoms with Gasteiger partial charge >= 0.3 is 5.97 Å². The summed E-state index contributed by atoms with van der Waals surface area (Å²) in [6, 6.07) is 9.03.